The van der Waals surface area contributed by atoms with Crippen LogP contribution in [0.2, 0.25) is 0 Å². The third-order valence-electron chi connectivity index (χ3n) is 19.7. The van der Waals surface area contributed by atoms with E-state index in [0.717, 1.165) is 88.5 Å². The Morgan fingerprint density at radius 1 is 0.375 bits per heavy atom. The normalized spacial score (nSPS) is 14.3. The molecule has 0 saturated heterocycles. The number of nitrogens with one attached hydrogen (secondary N) is 2. The van der Waals surface area contributed by atoms with Gasteiger partial charge < -0.3 is 19.5 Å². The van der Waals surface area contributed by atoms with Crippen molar-refractivity contribution >= 4 is 107 Å². The van der Waals surface area contributed by atoms with Gasteiger partial charge in [-0.05, 0) is 192 Å². The number of nitrogens with zero attached hydrogens (tertiary/aromatic N) is 2. The molecule has 0 bridgehead atoms. The lowest BCUT2D eigenvalue weighted by Gasteiger charge is -2.40. The molecular weight excluding hydrogens is 1430 g/mol. The van der Waals surface area contributed by atoms with Crippen molar-refractivity contribution in [3.63, 3.8) is 0 Å². The summed E-state index contributed by atoms with van der Waals surface area (Å²) in [5.41, 5.74) is 12.3. The van der Waals surface area contributed by atoms with E-state index in [0.29, 0.717) is 39.1 Å². The van der Waals surface area contributed by atoms with E-state index in [2.05, 4.69) is 52.0 Å². The minimum Gasteiger partial charge on any atom is -0.456 e. The van der Waals surface area contributed by atoms with Crippen LogP contribution in [0.25, 0.3) is 66.8 Å². The van der Waals surface area contributed by atoms with Gasteiger partial charge in [0.1, 0.15) is 47.2 Å². The van der Waals surface area contributed by atoms with Crippen LogP contribution in [-0.4, -0.2) is 64.9 Å². The summed E-state index contributed by atoms with van der Waals surface area (Å²) < 4.78 is 198. The Hall–Kier alpha value is -9.71. The Morgan fingerprint density at radius 3 is 1.17 bits per heavy atom. The van der Waals surface area contributed by atoms with Crippen LogP contribution in [0.1, 0.15) is 98.9 Å². The summed E-state index contributed by atoms with van der Waals surface area (Å²) in [6.45, 7) is 18.2. The standard InChI is InChI=1S/C78H72N4O17S5/c1-41-28-42(2)73(43(3)29-41)79-53-22-24-55-63(35-53)98-65-39-61(69(102(89,90)91)37-59(65)71(55)57-18-12-14-20-67(57)100(83,84)85)81-75-47(7)33-52(34-48(75)8)78(26-16-11-17-27-78)51-31-45(5)74(46(6)32-51)80-54-23-25-56-64(36-54)99-66-40-62(82-76-44(4)30-49(9)77(50(76)10)104(95,96)97)70(103(92,93)94)38-60(66)72(56)58-19-13-15-21-68(58)101(86,87)88/h12-15,18-25,28-40,79-80H,11,16-17,26-27H2,1-10H3,(H,83,84,85)(H,86,87,88)(H,89,90,91)(H,92,93,94)(H,95,96,97). The number of aryl methyl sites for hydroxylation is 9. The first-order valence-corrected chi connectivity index (χ1v) is 40.2. The molecule has 8 aromatic rings. The van der Waals surface area contributed by atoms with Crippen molar-refractivity contribution in [3.8, 4) is 44.9 Å². The molecule has 5 aliphatic rings. The molecule has 1 saturated carbocycles. The van der Waals surface area contributed by atoms with Crippen LogP contribution in [0.4, 0.5) is 34.1 Å². The third kappa shape index (κ3) is 13.5. The smallest absolute Gasteiger partial charge is 0.296 e. The van der Waals surface area contributed by atoms with Crippen LogP contribution in [0, 0.1) is 69.2 Å². The highest BCUT2D eigenvalue weighted by atomic mass is 32.2. The summed E-state index contributed by atoms with van der Waals surface area (Å²) in [5, 5.41) is 7.16. The zero-order valence-corrected chi connectivity index (χ0v) is 62.1. The maximum atomic E-state index is 13.7. The highest BCUT2D eigenvalue weighted by Gasteiger charge is 2.38. The lowest BCUT2D eigenvalue weighted by Crippen LogP contribution is -2.31. The fraction of sp³-hybridized carbons (Fsp3) is 0.205. The first kappa shape index (κ1) is 72.6. The van der Waals surface area contributed by atoms with Gasteiger partial charge in [-0.25, -0.2) is 9.98 Å². The number of benzene rings is 10. The summed E-state index contributed by atoms with van der Waals surface area (Å²) in [6.07, 6.45) is 4.39. The predicted octanol–water partition coefficient (Wildman–Crippen LogP) is 17.2. The molecule has 3 aliphatic carbocycles. The van der Waals surface area contributed by atoms with Gasteiger partial charge >= 0.3 is 0 Å². The van der Waals surface area contributed by atoms with E-state index in [1.54, 1.807) is 49.4 Å². The van der Waals surface area contributed by atoms with Crippen molar-refractivity contribution in [1.82, 2.24) is 0 Å². The zero-order chi connectivity index (χ0) is 74.8. The molecule has 0 atom stereocenters. The molecule has 536 valence electrons. The lowest BCUT2D eigenvalue weighted by molar-refractivity contribution is 0.345. The highest BCUT2D eigenvalue weighted by Crippen LogP contribution is 2.50. The Balaban J connectivity index is 0.917. The van der Waals surface area contributed by atoms with Crippen LogP contribution < -0.4 is 21.3 Å². The number of rotatable bonds is 15. The Labute approximate surface area is 602 Å². The average molecular weight is 1500 g/mol. The maximum absolute atomic E-state index is 13.7. The quantitative estimate of drug-likeness (QED) is 0.0370. The first-order chi connectivity index (χ1) is 48.8. The second-order valence-electron chi connectivity index (χ2n) is 27.0. The van der Waals surface area contributed by atoms with Crippen LogP contribution in [0.3, 0.4) is 0 Å². The fourth-order valence-electron chi connectivity index (χ4n) is 15.3. The van der Waals surface area contributed by atoms with Gasteiger partial charge in [0.25, 0.3) is 50.6 Å². The number of fused-ring (bicyclic) bond motifs is 4. The van der Waals surface area contributed by atoms with Gasteiger partial charge in [0.15, 0.2) is 0 Å². The summed E-state index contributed by atoms with van der Waals surface area (Å²) in [6, 6.07) is 40.5. The second kappa shape index (κ2) is 26.5. The molecule has 1 fully saturated rings. The first-order valence-electron chi connectivity index (χ1n) is 33.0. The number of hydrogen-bond acceptors (Lipinski definition) is 16. The molecule has 0 unspecified atom stereocenters. The van der Waals surface area contributed by atoms with Gasteiger partial charge in [-0.2, -0.15) is 42.1 Å². The molecule has 13 rings (SSSR count). The van der Waals surface area contributed by atoms with Crippen molar-refractivity contribution in [1.29, 1.82) is 0 Å². The third-order valence-corrected chi connectivity index (χ3v) is 24.4. The summed E-state index contributed by atoms with van der Waals surface area (Å²) in [4.78, 5) is 6.86. The van der Waals surface area contributed by atoms with Crippen molar-refractivity contribution in [2.45, 2.75) is 131 Å². The molecule has 0 aromatic heterocycles. The maximum Gasteiger partial charge on any atom is 0.296 e. The molecular formula is C78H72N4O17S5. The predicted molar refractivity (Wildman–Crippen MR) is 400 cm³/mol. The van der Waals surface area contributed by atoms with Gasteiger partial charge in [-0.15, -0.1) is 0 Å². The minimum atomic E-state index is -5.17. The summed E-state index contributed by atoms with van der Waals surface area (Å²) in [5.74, 6) is 0.0271. The van der Waals surface area contributed by atoms with Crippen LogP contribution in [0.15, 0.2) is 195 Å². The monoisotopic (exact) mass is 1500 g/mol. The van der Waals surface area contributed by atoms with Crippen LogP contribution in [-0.2, 0) is 56.0 Å². The number of anilines is 4. The molecule has 7 N–H and O–H groups in total. The van der Waals surface area contributed by atoms with E-state index in [1.807, 2.05) is 48.5 Å². The molecule has 8 aromatic carbocycles. The van der Waals surface area contributed by atoms with Crippen LogP contribution in [0.5, 0.6) is 0 Å². The average Bonchev–Trinajstić information content (AvgIpc) is 0.740. The zero-order valence-electron chi connectivity index (χ0n) is 58.0. The summed E-state index contributed by atoms with van der Waals surface area (Å²) in [7, 11) is -24.8. The van der Waals surface area contributed by atoms with E-state index in [4.69, 9.17) is 13.8 Å². The van der Waals surface area contributed by atoms with Crippen molar-refractivity contribution in [2.24, 2.45) is 9.98 Å². The molecule has 26 heteroatoms. The Morgan fingerprint density at radius 2 is 0.760 bits per heavy atom. The fourth-order valence-corrected chi connectivity index (χ4v) is 18.9. The SMILES string of the molecule is Cc1cc(C)c(Nc2ccc3c(-c4ccccc4S(=O)(=O)O)c4cc(S(=O)(=O)O)c(=Nc5c(C)cc(C6(c7cc(C)c(Nc8ccc9c(-c%10ccccc%10S(=O)(=O)O)c%10cc(S(=O)(=O)O)c(=Nc%11c(C)cc(C)c(S(=O)(=O)O)c%11C)cc-%10oc9c8)c(C)c7)CCCCC6)cc5C)cc-4oc3c2)c(C)c1. The largest absolute Gasteiger partial charge is 0.456 e. The van der Waals surface area contributed by atoms with Gasteiger partial charge in [-0.1, -0.05) is 104 Å². The Bertz CT molecular complexity index is 6310. The molecule has 0 amide bonds. The molecule has 0 radical (unpaired) electrons. The molecule has 2 heterocycles. The van der Waals surface area contributed by atoms with E-state index >= 15 is 0 Å². The second-order valence-corrected chi connectivity index (χ2v) is 33.9. The van der Waals surface area contributed by atoms with Gasteiger partial charge in [0, 0.05) is 96.6 Å². The van der Waals surface area contributed by atoms with E-state index in [1.165, 1.54) is 80.6 Å². The van der Waals surface area contributed by atoms with Crippen molar-refractivity contribution in [2.75, 3.05) is 10.6 Å². The van der Waals surface area contributed by atoms with Gasteiger partial charge in [0.2, 0.25) is 0 Å². The van der Waals surface area contributed by atoms with E-state index < -0.39 is 85.8 Å². The lowest BCUT2D eigenvalue weighted by atomic mass is 9.64. The highest BCUT2D eigenvalue weighted by molar-refractivity contribution is 7.87. The van der Waals surface area contributed by atoms with Gasteiger partial charge in [0.05, 0.1) is 22.1 Å². The molecule has 21 nitrogen and oxygen atoms in total. The molecule has 0 spiro atoms. The molecule has 104 heavy (non-hydrogen) atoms. The van der Waals surface area contributed by atoms with Crippen molar-refractivity contribution < 1.29 is 73.7 Å². The topological polar surface area (TPSA) is 347 Å². The molecule has 2 aliphatic heterocycles. The van der Waals surface area contributed by atoms with Gasteiger partial charge in [-0.3, -0.25) is 22.8 Å². The summed E-state index contributed by atoms with van der Waals surface area (Å²) >= 11 is 0. The van der Waals surface area contributed by atoms with E-state index in [9.17, 15) is 64.9 Å². The van der Waals surface area contributed by atoms with Crippen LogP contribution >= 0.6 is 0 Å². The van der Waals surface area contributed by atoms with E-state index in [-0.39, 0.29) is 83.6 Å². The Kier molecular flexibility index (Phi) is 18.5. The minimum absolute atomic E-state index is 0.0103. The van der Waals surface area contributed by atoms with Crippen molar-refractivity contribution in [3.05, 3.63) is 229 Å². The number of hydrogen-bond donors (Lipinski definition) is 7.